The van der Waals surface area contributed by atoms with E-state index in [0.29, 0.717) is 29.2 Å². The van der Waals surface area contributed by atoms with Crippen molar-refractivity contribution >= 4 is 17.3 Å². The first kappa shape index (κ1) is 15.5. The third-order valence-electron chi connectivity index (χ3n) is 4.20. The van der Waals surface area contributed by atoms with Gasteiger partial charge in [-0.25, -0.2) is 0 Å². The summed E-state index contributed by atoms with van der Waals surface area (Å²) in [7, 11) is 1.40. The van der Waals surface area contributed by atoms with Gasteiger partial charge in [-0.15, -0.1) is 0 Å². The highest BCUT2D eigenvalue weighted by atomic mass is 16.5. The third-order valence-corrected chi connectivity index (χ3v) is 4.20. The molecule has 0 bridgehead atoms. The molecule has 1 aromatic carbocycles. The van der Waals surface area contributed by atoms with Crippen LogP contribution in [-0.4, -0.2) is 35.8 Å². The first-order valence-corrected chi connectivity index (χ1v) is 7.42. The second-order valence-corrected chi connectivity index (χ2v) is 5.46. The topological polar surface area (TPSA) is 88.7 Å². The average Bonchev–Trinajstić information content (AvgIpc) is 2.57. The van der Waals surface area contributed by atoms with Crippen LogP contribution in [0.15, 0.2) is 42.6 Å². The van der Waals surface area contributed by atoms with Gasteiger partial charge in [-0.1, -0.05) is 6.07 Å². The summed E-state index contributed by atoms with van der Waals surface area (Å²) in [4.78, 5) is 18.6. The van der Waals surface area contributed by atoms with Crippen molar-refractivity contribution < 1.29 is 14.6 Å². The number of nitrogens with zero attached hydrogens (tertiary/aromatic N) is 2. The lowest BCUT2D eigenvalue weighted by molar-refractivity contribution is -0.145. The van der Waals surface area contributed by atoms with Crippen LogP contribution in [-0.2, 0) is 15.1 Å². The van der Waals surface area contributed by atoms with Crippen LogP contribution in [0.2, 0.25) is 0 Å². The second kappa shape index (κ2) is 5.64. The molecule has 0 saturated carbocycles. The van der Waals surface area contributed by atoms with Crippen LogP contribution in [0.1, 0.15) is 18.2 Å². The fraction of sp³-hybridized carbons (Fsp3) is 0.294. The number of amides is 1. The molecule has 1 aromatic heterocycles. The van der Waals surface area contributed by atoms with E-state index in [0.717, 1.165) is 0 Å². The number of hydrogen-bond donors (Lipinski definition) is 2. The minimum atomic E-state index is -1.69. The Bertz CT molecular complexity index is 735. The Labute approximate surface area is 134 Å². The molecule has 2 unspecified atom stereocenters. The number of ether oxygens (including phenoxy) is 1. The summed E-state index contributed by atoms with van der Waals surface area (Å²) in [6.07, 6.45) is 0.481. The van der Waals surface area contributed by atoms with E-state index >= 15 is 0 Å². The number of aromatic nitrogens is 1. The number of rotatable bonds is 3. The van der Waals surface area contributed by atoms with Gasteiger partial charge in [0.1, 0.15) is 0 Å². The number of nitrogens with two attached hydrogens (primary N) is 1. The second-order valence-electron chi connectivity index (χ2n) is 5.46. The zero-order valence-electron chi connectivity index (χ0n) is 13.1. The van der Waals surface area contributed by atoms with Crippen LogP contribution in [0.4, 0.5) is 11.4 Å². The quantitative estimate of drug-likeness (QED) is 0.833. The van der Waals surface area contributed by atoms with Crippen LogP contribution in [0.25, 0.3) is 0 Å². The molecule has 0 aliphatic carbocycles. The van der Waals surface area contributed by atoms with E-state index < -0.39 is 11.7 Å². The van der Waals surface area contributed by atoms with Gasteiger partial charge in [0, 0.05) is 31.1 Å². The third kappa shape index (κ3) is 2.18. The Kier molecular flexibility index (Phi) is 3.79. The standard InChI is InChI=1S/C17H19N3O3/c1-3-20-13-8-7-11(18)10-12(13)17(22,15(23-2)16(20)21)14-6-4-5-9-19-14/h4-10,15,22H,3,18H2,1-2H3. The normalized spacial score (nSPS) is 23.7. The zero-order valence-corrected chi connectivity index (χ0v) is 13.1. The lowest BCUT2D eigenvalue weighted by atomic mass is 9.79. The van der Waals surface area contributed by atoms with Gasteiger partial charge < -0.3 is 20.5 Å². The number of fused-ring (bicyclic) bond motifs is 1. The Hall–Kier alpha value is -2.44. The molecule has 23 heavy (non-hydrogen) atoms. The van der Waals surface area contributed by atoms with Gasteiger partial charge in [-0.2, -0.15) is 0 Å². The molecule has 1 amide bonds. The Morgan fingerprint density at radius 1 is 1.39 bits per heavy atom. The predicted octanol–water partition coefficient (Wildman–Crippen LogP) is 1.28. The number of nitrogen functional groups attached to an aromatic ring is 1. The molecule has 0 saturated heterocycles. The van der Waals surface area contributed by atoms with Gasteiger partial charge in [0.15, 0.2) is 11.7 Å². The van der Waals surface area contributed by atoms with Gasteiger partial charge >= 0.3 is 0 Å². The summed E-state index contributed by atoms with van der Waals surface area (Å²) in [5.41, 5.74) is 6.21. The molecule has 0 spiro atoms. The summed E-state index contributed by atoms with van der Waals surface area (Å²) in [6, 6.07) is 10.3. The van der Waals surface area contributed by atoms with Crippen LogP contribution in [0, 0.1) is 0 Å². The molecule has 2 heterocycles. The lowest BCUT2D eigenvalue weighted by Crippen LogP contribution is -2.57. The van der Waals surface area contributed by atoms with Crippen molar-refractivity contribution in [3.63, 3.8) is 0 Å². The number of benzene rings is 1. The summed E-state index contributed by atoms with van der Waals surface area (Å²) in [5.74, 6) is -0.305. The molecule has 2 atom stereocenters. The van der Waals surface area contributed by atoms with Gasteiger partial charge in [-0.3, -0.25) is 9.78 Å². The van der Waals surface area contributed by atoms with E-state index in [-0.39, 0.29) is 5.91 Å². The average molecular weight is 313 g/mol. The predicted molar refractivity (Wildman–Crippen MR) is 86.9 cm³/mol. The van der Waals surface area contributed by atoms with Crippen LogP contribution >= 0.6 is 0 Å². The van der Waals surface area contributed by atoms with Crippen LogP contribution in [0.3, 0.4) is 0 Å². The van der Waals surface area contributed by atoms with Crippen molar-refractivity contribution in [3.05, 3.63) is 53.9 Å². The Morgan fingerprint density at radius 2 is 2.17 bits per heavy atom. The molecule has 2 aromatic rings. The molecular formula is C17H19N3O3. The number of pyridine rings is 1. The highest BCUT2D eigenvalue weighted by molar-refractivity contribution is 6.01. The number of likely N-dealkylation sites (N-methyl/N-ethyl adjacent to an activating group) is 1. The summed E-state index contributed by atoms with van der Waals surface area (Å²) < 4.78 is 5.38. The minimum absolute atomic E-state index is 0.305. The van der Waals surface area contributed by atoms with Crippen molar-refractivity contribution in [1.29, 1.82) is 0 Å². The van der Waals surface area contributed by atoms with Crippen molar-refractivity contribution in [2.45, 2.75) is 18.6 Å². The molecule has 3 rings (SSSR count). The molecule has 6 heteroatoms. The molecule has 1 aliphatic rings. The van der Waals surface area contributed by atoms with E-state index in [1.54, 1.807) is 47.5 Å². The molecule has 120 valence electrons. The zero-order chi connectivity index (χ0) is 16.6. The largest absolute Gasteiger partial charge is 0.399 e. The molecule has 3 N–H and O–H groups in total. The fourth-order valence-electron chi connectivity index (χ4n) is 3.13. The number of carbonyl (C=O) groups is 1. The van der Waals surface area contributed by atoms with Gasteiger partial charge in [0.05, 0.1) is 11.4 Å². The van der Waals surface area contributed by atoms with E-state index in [1.807, 2.05) is 6.92 Å². The maximum absolute atomic E-state index is 12.8. The lowest BCUT2D eigenvalue weighted by Gasteiger charge is -2.43. The first-order valence-electron chi connectivity index (χ1n) is 7.42. The summed E-state index contributed by atoms with van der Waals surface area (Å²) in [6.45, 7) is 2.34. The van der Waals surface area contributed by atoms with Crippen molar-refractivity contribution in [3.8, 4) is 0 Å². The van der Waals surface area contributed by atoms with E-state index in [1.165, 1.54) is 7.11 Å². The van der Waals surface area contributed by atoms with E-state index in [9.17, 15) is 9.90 Å². The van der Waals surface area contributed by atoms with Gasteiger partial charge in [0.2, 0.25) is 0 Å². The number of aliphatic hydroxyl groups is 1. The highest BCUT2D eigenvalue weighted by Crippen LogP contribution is 2.44. The van der Waals surface area contributed by atoms with Crippen molar-refractivity contribution in [2.24, 2.45) is 0 Å². The van der Waals surface area contributed by atoms with Crippen LogP contribution in [0.5, 0.6) is 0 Å². The monoisotopic (exact) mass is 313 g/mol. The number of hydrogen-bond acceptors (Lipinski definition) is 5. The molecule has 0 fully saturated rings. The number of anilines is 2. The molecule has 0 radical (unpaired) electrons. The Balaban J connectivity index is 2.32. The fourth-order valence-corrected chi connectivity index (χ4v) is 3.13. The molecular weight excluding hydrogens is 294 g/mol. The molecule has 1 aliphatic heterocycles. The van der Waals surface area contributed by atoms with E-state index in [4.69, 9.17) is 10.5 Å². The maximum Gasteiger partial charge on any atom is 0.259 e. The smallest absolute Gasteiger partial charge is 0.259 e. The van der Waals surface area contributed by atoms with Gasteiger partial charge in [0.25, 0.3) is 5.91 Å². The van der Waals surface area contributed by atoms with Crippen molar-refractivity contribution in [1.82, 2.24) is 4.98 Å². The first-order chi connectivity index (χ1) is 11.0. The summed E-state index contributed by atoms with van der Waals surface area (Å²) >= 11 is 0. The van der Waals surface area contributed by atoms with E-state index in [2.05, 4.69) is 4.98 Å². The SMILES string of the molecule is CCN1C(=O)C(OC)C(O)(c2ccccn2)c2cc(N)ccc21. The Morgan fingerprint density at radius 3 is 2.78 bits per heavy atom. The summed E-state index contributed by atoms with van der Waals surface area (Å²) in [5, 5.41) is 11.5. The molecule has 6 nitrogen and oxygen atoms in total. The van der Waals surface area contributed by atoms with Crippen LogP contribution < -0.4 is 10.6 Å². The van der Waals surface area contributed by atoms with Crippen molar-refractivity contribution in [2.75, 3.05) is 24.3 Å². The van der Waals surface area contributed by atoms with Gasteiger partial charge in [-0.05, 0) is 37.3 Å². The minimum Gasteiger partial charge on any atom is -0.399 e. The number of carbonyl (C=O) groups excluding carboxylic acids is 1. The maximum atomic E-state index is 12.8. The highest BCUT2D eigenvalue weighted by Gasteiger charge is 2.53. The number of methoxy groups -OCH3 is 1.